The van der Waals surface area contributed by atoms with E-state index in [4.69, 9.17) is 5.11 Å². The van der Waals surface area contributed by atoms with Gasteiger partial charge in [-0.05, 0) is 38.4 Å². The van der Waals surface area contributed by atoms with Gasteiger partial charge in [0.05, 0.1) is 0 Å². The molecular formula is C12H19NO. The number of nitrogens with one attached hydrogen (secondary N) is 1. The molecule has 0 saturated carbocycles. The number of aliphatic hydroxyl groups excluding tert-OH is 1. The van der Waals surface area contributed by atoms with Crippen LogP contribution in [0.25, 0.3) is 0 Å². The summed E-state index contributed by atoms with van der Waals surface area (Å²) < 4.78 is 0. The van der Waals surface area contributed by atoms with Crippen molar-refractivity contribution in [2.24, 2.45) is 0 Å². The summed E-state index contributed by atoms with van der Waals surface area (Å²) in [5.41, 5.74) is 2.69. The van der Waals surface area contributed by atoms with E-state index in [-0.39, 0.29) is 6.61 Å². The molecule has 0 aliphatic carbocycles. The maximum Gasteiger partial charge on any atom is 0.0443 e. The number of hydrogen-bond acceptors (Lipinski definition) is 2. The fourth-order valence-corrected chi connectivity index (χ4v) is 1.43. The van der Waals surface area contributed by atoms with Crippen LogP contribution in [0.5, 0.6) is 0 Å². The van der Waals surface area contributed by atoms with Gasteiger partial charge in [0.25, 0.3) is 0 Å². The first-order valence-corrected chi connectivity index (χ1v) is 5.20. The van der Waals surface area contributed by atoms with Gasteiger partial charge in [0.1, 0.15) is 0 Å². The summed E-state index contributed by atoms with van der Waals surface area (Å²) in [7, 11) is 0. The standard InChI is InChI=1S/C12H19NO/c1-11-4-2-5-12(10-11)6-8-13-7-3-9-14/h2,4-5,10,13-14H,3,6-9H2,1H3. The maximum absolute atomic E-state index is 8.58. The number of aryl methyl sites for hydroxylation is 1. The quantitative estimate of drug-likeness (QED) is 0.671. The van der Waals surface area contributed by atoms with E-state index in [2.05, 4.69) is 36.5 Å². The van der Waals surface area contributed by atoms with Crippen molar-refractivity contribution in [1.29, 1.82) is 0 Å². The summed E-state index contributed by atoms with van der Waals surface area (Å²) >= 11 is 0. The van der Waals surface area contributed by atoms with Crippen LogP contribution in [0.4, 0.5) is 0 Å². The molecule has 0 heterocycles. The topological polar surface area (TPSA) is 32.3 Å². The molecular weight excluding hydrogens is 174 g/mol. The van der Waals surface area contributed by atoms with Gasteiger partial charge in [-0.25, -0.2) is 0 Å². The SMILES string of the molecule is Cc1cccc(CCNCCCO)c1. The van der Waals surface area contributed by atoms with E-state index >= 15 is 0 Å². The van der Waals surface area contributed by atoms with Crippen LogP contribution in [0, 0.1) is 6.92 Å². The summed E-state index contributed by atoms with van der Waals surface area (Å²) in [5, 5.41) is 11.9. The van der Waals surface area contributed by atoms with E-state index < -0.39 is 0 Å². The highest BCUT2D eigenvalue weighted by atomic mass is 16.3. The first kappa shape index (κ1) is 11.2. The van der Waals surface area contributed by atoms with Crippen molar-refractivity contribution >= 4 is 0 Å². The predicted octanol–water partition coefficient (Wildman–Crippen LogP) is 1.51. The van der Waals surface area contributed by atoms with Gasteiger partial charge in [-0.2, -0.15) is 0 Å². The smallest absolute Gasteiger partial charge is 0.0443 e. The summed E-state index contributed by atoms with van der Waals surface area (Å²) in [6.45, 7) is 4.28. The Kier molecular flexibility index (Phi) is 5.27. The Morgan fingerprint density at radius 1 is 1.29 bits per heavy atom. The Labute approximate surface area is 86.0 Å². The lowest BCUT2D eigenvalue weighted by Crippen LogP contribution is -2.19. The van der Waals surface area contributed by atoms with E-state index in [1.165, 1.54) is 11.1 Å². The molecule has 0 radical (unpaired) electrons. The molecule has 0 bridgehead atoms. The van der Waals surface area contributed by atoms with E-state index in [0.717, 1.165) is 25.9 Å². The van der Waals surface area contributed by atoms with E-state index in [1.54, 1.807) is 0 Å². The molecule has 78 valence electrons. The summed E-state index contributed by atoms with van der Waals surface area (Å²) in [6.07, 6.45) is 1.90. The fraction of sp³-hybridized carbons (Fsp3) is 0.500. The summed E-state index contributed by atoms with van der Waals surface area (Å²) in [4.78, 5) is 0. The van der Waals surface area contributed by atoms with Gasteiger partial charge >= 0.3 is 0 Å². The molecule has 0 aliphatic rings. The second-order valence-electron chi connectivity index (χ2n) is 3.57. The van der Waals surface area contributed by atoms with Crippen molar-refractivity contribution in [3.05, 3.63) is 35.4 Å². The van der Waals surface area contributed by atoms with Gasteiger partial charge in [-0.1, -0.05) is 29.8 Å². The average Bonchev–Trinajstić information content (AvgIpc) is 2.18. The Morgan fingerprint density at radius 3 is 2.86 bits per heavy atom. The minimum Gasteiger partial charge on any atom is -0.396 e. The summed E-state index contributed by atoms with van der Waals surface area (Å²) in [6, 6.07) is 8.58. The fourth-order valence-electron chi connectivity index (χ4n) is 1.43. The lowest BCUT2D eigenvalue weighted by Gasteiger charge is -2.04. The highest BCUT2D eigenvalue weighted by Gasteiger charge is 1.92. The molecule has 2 nitrogen and oxygen atoms in total. The first-order valence-electron chi connectivity index (χ1n) is 5.20. The van der Waals surface area contributed by atoms with Gasteiger partial charge in [-0.15, -0.1) is 0 Å². The molecule has 0 spiro atoms. The third-order valence-electron chi connectivity index (χ3n) is 2.18. The Hall–Kier alpha value is -0.860. The van der Waals surface area contributed by atoms with Gasteiger partial charge in [0.15, 0.2) is 0 Å². The predicted molar refractivity (Wildman–Crippen MR) is 59.5 cm³/mol. The Morgan fingerprint density at radius 2 is 2.14 bits per heavy atom. The monoisotopic (exact) mass is 193 g/mol. The van der Waals surface area contributed by atoms with Crippen LogP contribution < -0.4 is 5.32 Å². The molecule has 0 fully saturated rings. The van der Waals surface area contributed by atoms with Crippen molar-refractivity contribution in [2.75, 3.05) is 19.7 Å². The zero-order valence-corrected chi connectivity index (χ0v) is 8.79. The van der Waals surface area contributed by atoms with Crippen LogP contribution >= 0.6 is 0 Å². The van der Waals surface area contributed by atoms with Gasteiger partial charge in [0.2, 0.25) is 0 Å². The molecule has 1 aromatic carbocycles. The first-order chi connectivity index (χ1) is 6.83. The van der Waals surface area contributed by atoms with E-state index in [9.17, 15) is 0 Å². The number of rotatable bonds is 6. The van der Waals surface area contributed by atoms with Crippen molar-refractivity contribution < 1.29 is 5.11 Å². The van der Waals surface area contributed by atoms with Crippen LogP contribution in [0.1, 0.15) is 17.5 Å². The minimum absolute atomic E-state index is 0.275. The lowest BCUT2D eigenvalue weighted by molar-refractivity contribution is 0.286. The van der Waals surface area contributed by atoms with Crippen molar-refractivity contribution in [2.45, 2.75) is 19.8 Å². The highest BCUT2D eigenvalue weighted by Crippen LogP contribution is 2.03. The zero-order valence-electron chi connectivity index (χ0n) is 8.79. The van der Waals surface area contributed by atoms with E-state index in [1.807, 2.05) is 0 Å². The molecule has 14 heavy (non-hydrogen) atoms. The molecule has 0 atom stereocenters. The van der Waals surface area contributed by atoms with Crippen LogP contribution in [0.2, 0.25) is 0 Å². The molecule has 0 aliphatic heterocycles. The zero-order chi connectivity index (χ0) is 10.2. The third kappa shape index (κ3) is 4.40. The summed E-state index contributed by atoms with van der Waals surface area (Å²) in [5.74, 6) is 0. The number of hydrogen-bond donors (Lipinski definition) is 2. The number of aliphatic hydroxyl groups is 1. The van der Waals surface area contributed by atoms with Crippen molar-refractivity contribution in [3.8, 4) is 0 Å². The molecule has 1 aromatic rings. The second kappa shape index (κ2) is 6.57. The lowest BCUT2D eigenvalue weighted by atomic mass is 10.1. The third-order valence-corrected chi connectivity index (χ3v) is 2.18. The van der Waals surface area contributed by atoms with Gasteiger partial charge < -0.3 is 10.4 Å². The Bertz CT molecular complexity index is 260. The molecule has 2 heteroatoms. The minimum atomic E-state index is 0.275. The molecule has 1 rings (SSSR count). The van der Waals surface area contributed by atoms with Crippen LogP contribution in [0.3, 0.4) is 0 Å². The Balaban J connectivity index is 2.18. The van der Waals surface area contributed by atoms with Gasteiger partial charge in [0, 0.05) is 6.61 Å². The van der Waals surface area contributed by atoms with Crippen LogP contribution in [-0.4, -0.2) is 24.8 Å². The highest BCUT2D eigenvalue weighted by molar-refractivity contribution is 5.22. The van der Waals surface area contributed by atoms with Crippen LogP contribution in [-0.2, 0) is 6.42 Å². The molecule has 0 saturated heterocycles. The normalized spacial score (nSPS) is 10.4. The van der Waals surface area contributed by atoms with Gasteiger partial charge in [-0.3, -0.25) is 0 Å². The molecule has 0 aromatic heterocycles. The molecule has 0 unspecified atom stereocenters. The molecule has 2 N–H and O–H groups in total. The second-order valence-corrected chi connectivity index (χ2v) is 3.57. The van der Waals surface area contributed by atoms with Crippen molar-refractivity contribution in [3.63, 3.8) is 0 Å². The number of benzene rings is 1. The largest absolute Gasteiger partial charge is 0.396 e. The average molecular weight is 193 g/mol. The van der Waals surface area contributed by atoms with Crippen molar-refractivity contribution in [1.82, 2.24) is 5.32 Å². The maximum atomic E-state index is 8.58. The van der Waals surface area contributed by atoms with E-state index in [0.29, 0.717) is 0 Å². The molecule has 0 amide bonds. The van der Waals surface area contributed by atoms with Crippen LogP contribution in [0.15, 0.2) is 24.3 Å².